The molecule has 3 rings (SSSR count). The van der Waals surface area contributed by atoms with Gasteiger partial charge < -0.3 is 15.0 Å². The van der Waals surface area contributed by atoms with Crippen molar-refractivity contribution in [3.63, 3.8) is 0 Å². The van der Waals surface area contributed by atoms with E-state index in [1.54, 1.807) is 41.1 Å². The van der Waals surface area contributed by atoms with Crippen LogP contribution < -0.4 is 5.73 Å². The molecule has 0 aliphatic carbocycles. The van der Waals surface area contributed by atoms with Crippen LogP contribution in [0.4, 0.5) is 10.1 Å². The van der Waals surface area contributed by atoms with E-state index in [2.05, 4.69) is 0 Å². The van der Waals surface area contributed by atoms with E-state index < -0.39 is 17.8 Å². The highest BCUT2D eigenvalue weighted by Crippen LogP contribution is 2.30. The molecule has 0 amide bonds. The smallest absolute Gasteiger partial charge is 0.333 e. The van der Waals surface area contributed by atoms with Crippen LogP contribution in [0.15, 0.2) is 48.7 Å². The third-order valence-corrected chi connectivity index (χ3v) is 3.98. The van der Waals surface area contributed by atoms with Gasteiger partial charge in [-0.3, -0.25) is 0 Å². The van der Waals surface area contributed by atoms with Crippen molar-refractivity contribution < 1.29 is 13.9 Å². The van der Waals surface area contributed by atoms with Gasteiger partial charge in [0.1, 0.15) is 5.82 Å². The molecule has 0 aliphatic rings. The van der Waals surface area contributed by atoms with Gasteiger partial charge in [0.15, 0.2) is 6.04 Å². The zero-order chi connectivity index (χ0) is 16.6. The number of aromatic nitrogens is 1. The van der Waals surface area contributed by atoms with Crippen molar-refractivity contribution in [3.05, 3.63) is 65.1 Å². The highest BCUT2D eigenvalue weighted by atomic mass is 35.5. The van der Waals surface area contributed by atoms with Crippen LogP contribution in [-0.2, 0) is 9.53 Å². The number of halogens is 2. The molecule has 0 spiro atoms. The van der Waals surface area contributed by atoms with Gasteiger partial charge >= 0.3 is 5.97 Å². The summed E-state index contributed by atoms with van der Waals surface area (Å²) in [5, 5.41) is 1.24. The SMILES string of the molecule is COC(=O)C(c1ccc(Cl)cc1)n1ccc2c(N)cc(F)cc21. The molecule has 1 atom stereocenters. The van der Waals surface area contributed by atoms with Gasteiger partial charge in [-0.25, -0.2) is 9.18 Å². The lowest BCUT2D eigenvalue weighted by Gasteiger charge is -2.18. The summed E-state index contributed by atoms with van der Waals surface area (Å²) in [7, 11) is 1.31. The lowest BCUT2D eigenvalue weighted by Crippen LogP contribution is -2.21. The van der Waals surface area contributed by atoms with E-state index in [1.807, 2.05) is 0 Å². The minimum Gasteiger partial charge on any atom is -0.467 e. The van der Waals surface area contributed by atoms with Crippen LogP contribution in [0.1, 0.15) is 11.6 Å². The Hall–Kier alpha value is -2.53. The minimum atomic E-state index is -0.754. The Balaban J connectivity index is 2.21. The first-order valence-electron chi connectivity index (χ1n) is 6.90. The normalized spacial score (nSPS) is 12.3. The number of esters is 1. The van der Waals surface area contributed by atoms with E-state index in [1.165, 1.54) is 19.2 Å². The van der Waals surface area contributed by atoms with Gasteiger partial charge in [0, 0.05) is 22.3 Å². The van der Waals surface area contributed by atoms with Crippen molar-refractivity contribution in [1.82, 2.24) is 4.57 Å². The van der Waals surface area contributed by atoms with Crippen molar-refractivity contribution in [3.8, 4) is 0 Å². The first kappa shape index (κ1) is 15.4. The summed E-state index contributed by atoms with van der Waals surface area (Å²) in [4.78, 5) is 12.3. The number of nitrogens with two attached hydrogens (primary N) is 1. The number of fused-ring (bicyclic) bond motifs is 1. The number of nitrogen functional groups attached to an aromatic ring is 1. The Bertz CT molecular complexity index is 874. The van der Waals surface area contributed by atoms with Crippen molar-refractivity contribution >= 4 is 34.2 Å². The lowest BCUT2D eigenvalue weighted by atomic mass is 10.1. The Morgan fingerprint density at radius 2 is 1.96 bits per heavy atom. The third-order valence-electron chi connectivity index (χ3n) is 3.72. The number of anilines is 1. The van der Waals surface area contributed by atoms with Crippen LogP contribution in [0.2, 0.25) is 5.02 Å². The molecular weight excluding hydrogens is 319 g/mol. The van der Waals surface area contributed by atoms with Crippen LogP contribution in [0.5, 0.6) is 0 Å². The maximum atomic E-state index is 13.7. The van der Waals surface area contributed by atoms with Gasteiger partial charge in [-0.15, -0.1) is 0 Å². The van der Waals surface area contributed by atoms with Crippen LogP contribution >= 0.6 is 11.6 Å². The molecule has 1 unspecified atom stereocenters. The Morgan fingerprint density at radius 1 is 1.26 bits per heavy atom. The number of methoxy groups -OCH3 is 1. The number of carbonyl (C=O) groups excluding carboxylic acids is 1. The molecule has 1 aromatic heterocycles. The topological polar surface area (TPSA) is 57.2 Å². The summed E-state index contributed by atoms with van der Waals surface area (Å²) < 4.78 is 20.3. The zero-order valence-electron chi connectivity index (χ0n) is 12.3. The van der Waals surface area contributed by atoms with E-state index in [9.17, 15) is 9.18 Å². The number of nitrogens with zero attached hydrogens (tertiary/aromatic N) is 1. The fraction of sp³-hybridized carbons (Fsp3) is 0.118. The molecular formula is C17H14ClFN2O2. The van der Waals surface area contributed by atoms with E-state index in [0.29, 0.717) is 27.2 Å². The monoisotopic (exact) mass is 332 g/mol. The van der Waals surface area contributed by atoms with Gasteiger partial charge in [-0.1, -0.05) is 23.7 Å². The highest BCUT2D eigenvalue weighted by molar-refractivity contribution is 6.30. The molecule has 0 fully saturated rings. The van der Waals surface area contributed by atoms with Crippen LogP contribution in [0, 0.1) is 5.82 Å². The lowest BCUT2D eigenvalue weighted by molar-refractivity contribution is -0.143. The number of rotatable bonds is 3. The summed E-state index contributed by atoms with van der Waals surface area (Å²) in [6, 6.07) is 10.4. The van der Waals surface area contributed by atoms with Gasteiger partial charge in [-0.2, -0.15) is 0 Å². The van der Waals surface area contributed by atoms with Crippen LogP contribution in [-0.4, -0.2) is 17.6 Å². The molecule has 0 aliphatic heterocycles. The van der Waals surface area contributed by atoms with E-state index >= 15 is 0 Å². The van der Waals surface area contributed by atoms with Crippen LogP contribution in [0.3, 0.4) is 0 Å². The average molecular weight is 333 g/mol. The molecule has 23 heavy (non-hydrogen) atoms. The Kier molecular flexibility index (Phi) is 3.96. The van der Waals surface area contributed by atoms with Gasteiger partial charge in [0.25, 0.3) is 0 Å². The quantitative estimate of drug-likeness (QED) is 0.586. The predicted molar refractivity (Wildman–Crippen MR) is 87.9 cm³/mol. The van der Waals surface area contributed by atoms with E-state index in [0.717, 1.165) is 0 Å². The first-order chi connectivity index (χ1) is 11.0. The van der Waals surface area contributed by atoms with Gasteiger partial charge in [-0.05, 0) is 35.9 Å². The number of ether oxygens (including phenoxy) is 1. The molecule has 3 aromatic rings. The first-order valence-corrected chi connectivity index (χ1v) is 7.28. The molecule has 0 radical (unpaired) electrons. The second-order valence-corrected chi connectivity index (χ2v) is 5.56. The maximum Gasteiger partial charge on any atom is 0.333 e. The molecule has 0 bridgehead atoms. The fourth-order valence-electron chi connectivity index (χ4n) is 2.65. The third kappa shape index (κ3) is 2.75. The van der Waals surface area contributed by atoms with Gasteiger partial charge in [0.2, 0.25) is 0 Å². The molecule has 2 N–H and O–H groups in total. The summed E-state index contributed by atoms with van der Waals surface area (Å²) >= 11 is 5.90. The predicted octanol–water partition coefficient (Wildman–Crippen LogP) is 3.78. The Morgan fingerprint density at radius 3 is 2.61 bits per heavy atom. The maximum absolute atomic E-state index is 13.7. The zero-order valence-corrected chi connectivity index (χ0v) is 13.0. The second-order valence-electron chi connectivity index (χ2n) is 5.13. The van der Waals surface area contributed by atoms with Crippen molar-refractivity contribution in [2.45, 2.75) is 6.04 Å². The van der Waals surface area contributed by atoms with E-state index in [-0.39, 0.29) is 0 Å². The Labute approximate surface area is 137 Å². The van der Waals surface area contributed by atoms with E-state index in [4.69, 9.17) is 22.1 Å². The van der Waals surface area contributed by atoms with Gasteiger partial charge in [0.05, 0.1) is 12.6 Å². The second kappa shape index (κ2) is 5.93. The molecule has 0 saturated heterocycles. The number of hydrogen-bond donors (Lipinski definition) is 1. The molecule has 6 heteroatoms. The fourth-order valence-corrected chi connectivity index (χ4v) is 2.77. The molecule has 4 nitrogen and oxygen atoms in total. The number of carbonyl (C=O) groups is 1. The number of benzene rings is 2. The largest absolute Gasteiger partial charge is 0.467 e. The standard InChI is InChI=1S/C17H14ClFN2O2/c1-23-17(22)16(10-2-4-11(18)5-3-10)21-7-6-13-14(20)8-12(19)9-15(13)21/h2-9,16H,20H2,1H3. The molecule has 0 saturated carbocycles. The average Bonchev–Trinajstić information content (AvgIpc) is 2.93. The minimum absolute atomic E-state index is 0.318. The summed E-state index contributed by atoms with van der Waals surface area (Å²) in [5.41, 5.74) is 7.37. The van der Waals surface area contributed by atoms with Crippen molar-refractivity contribution in [1.29, 1.82) is 0 Å². The molecule has 2 aromatic carbocycles. The summed E-state index contributed by atoms with van der Waals surface area (Å²) in [5.74, 6) is -0.928. The highest BCUT2D eigenvalue weighted by Gasteiger charge is 2.25. The van der Waals surface area contributed by atoms with Crippen molar-refractivity contribution in [2.75, 3.05) is 12.8 Å². The summed E-state index contributed by atoms with van der Waals surface area (Å²) in [6.07, 6.45) is 1.69. The van der Waals surface area contributed by atoms with Crippen LogP contribution in [0.25, 0.3) is 10.9 Å². The molecule has 118 valence electrons. The number of hydrogen-bond acceptors (Lipinski definition) is 3. The summed E-state index contributed by atoms with van der Waals surface area (Å²) in [6.45, 7) is 0. The van der Waals surface area contributed by atoms with Crippen molar-refractivity contribution in [2.24, 2.45) is 0 Å². The molecule has 1 heterocycles.